The van der Waals surface area contributed by atoms with Crippen molar-refractivity contribution in [3.63, 3.8) is 0 Å². The smallest absolute Gasteiger partial charge is 0.335 e. The first kappa shape index (κ1) is 17.3. The number of benzene rings is 1. The first-order chi connectivity index (χ1) is 10.9. The highest BCUT2D eigenvalue weighted by molar-refractivity contribution is 5.95. The maximum absolute atomic E-state index is 11.1. The van der Waals surface area contributed by atoms with Gasteiger partial charge in [-0.15, -0.1) is 0 Å². The number of hydrogen-bond acceptors (Lipinski definition) is 3. The van der Waals surface area contributed by atoms with Crippen molar-refractivity contribution >= 4 is 17.6 Å². The van der Waals surface area contributed by atoms with Gasteiger partial charge in [-0.25, -0.2) is 9.59 Å². The molecule has 1 aromatic rings. The minimum absolute atomic E-state index is 0.00378. The van der Waals surface area contributed by atoms with Gasteiger partial charge in [-0.3, -0.25) is 0 Å². The second kappa shape index (κ2) is 7.49. The topological polar surface area (TPSA) is 86.6 Å². The standard InChI is InChI=1S/C18H25NO4/c1-11(2)13-5-3-12(4-6-13)10-19-16-8-14(17(20)21)7-15(9-16)18(22)23/h7-9,11-13,19H,3-6,10H2,1-2H3,(H,20,21)(H,22,23). The summed E-state index contributed by atoms with van der Waals surface area (Å²) in [7, 11) is 0. The zero-order valence-electron chi connectivity index (χ0n) is 13.7. The Morgan fingerprint density at radius 3 is 2.00 bits per heavy atom. The van der Waals surface area contributed by atoms with Crippen LogP contribution in [0.15, 0.2) is 18.2 Å². The molecule has 0 saturated heterocycles. The number of rotatable bonds is 6. The number of carboxylic acid groups (broad SMARTS) is 2. The Hall–Kier alpha value is -2.04. The number of carboxylic acids is 2. The Balaban J connectivity index is 1.98. The Bertz CT molecular complexity index is 542. The first-order valence-electron chi connectivity index (χ1n) is 8.22. The minimum Gasteiger partial charge on any atom is -0.478 e. The Morgan fingerprint density at radius 2 is 1.57 bits per heavy atom. The summed E-state index contributed by atoms with van der Waals surface area (Å²) in [5.41, 5.74) is 0.556. The molecular weight excluding hydrogens is 294 g/mol. The molecule has 5 heteroatoms. The van der Waals surface area contributed by atoms with Crippen molar-refractivity contribution in [1.82, 2.24) is 0 Å². The molecule has 1 fully saturated rings. The number of anilines is 1. The fourth-order valence-electron chi connectivity index (χ4n) is 3.30. The molecule has 0 amide bonds. The highest BCUT2D eigenvalue weighted by Gasteiger charge is 2.23. The van der Waals surface area contributed by atoms with Crippen molar-refractivity contribution in [1.29, 1.82) is 0 Å². The maximum Gasteiger partial charge on any atom is 0.335 e. The van der Waals surface area contributed by atoms with E-state index >= 15 is 0 Å². The third kappa shape index (κ3) is 4.71. The summed E-state index contributed by atoms with van der Waals surface area (Å²) in [5, 5.41) is 21.4. The molecule has 1 aliphatic carbocycles. The molecule has 126 valence electrons. The molecule has 0 heterocycles. The van der Waals surface area contributed by atoms with Gasteiger partial charge in [0, 0.05) is 12.2 Å². The lowest BCUT2D eigenvalue weighted by atomic mass is 9.77. The van der Waals surface area contributed by atoms with E-state index in [0.717, 1.165) is 18.4 Å². The SMILES string of the molecule is CC(C)C1CCC(CNc2cc(C(=O)O)cc(C(=O)O)c2)CC1. The van der Waals surface area contributed by atoms with Crippen LogP contribution in [0.1, 0.15) is 60.2 Å². The van der Waals surface area contributed by atoms with E-state index < -0.39 is 11.9 Å². The Kier molecular flexibility index (Phi) is 5.64. The van der Waals surface area contributed by atoms with Gasteiger partial charge in [0.25, 0.3) is 0 Å². The average molecular weight is 319 g/mol. The lowest BCUT2D eigenvalue weighted by Crippen LogP contribution is -2.23. The minimum atomic E-state index is -1.12. The summed E-state index contributed by atoms with van der Waals surface area (Å²) in [6.07, 6.45) is 4.81. The summed E-state index contributed by atoms with van der Waals surface area (Å²) in [6, 6.07) is 4.17. The van der Waals surface area contributed by atoms with Gasteiger partial charge >= 0.3 is 11.9 Å². The van der Waals surface area contributed by atoms with E-state index in [0.29, 0.717) is 11.6 Å². The zero-order chi connectivity index (χ0) is 17.0. The van der Waals surface area contributed by atoms with Crippen LogP contribution in [0.4, 0.5) is 5.69 Å². The molecule has 0 aromatic heterocycles. The van der Waals surface area contributed by atoms with Crippen LogP contribution >= 0.6 is 0 Å². The van der Waals surface area contributed by atoms with Gasteiger partial charge in [0.1, 0.15) is 0 Å². The van der Waals surface area contributed by atoms with Crippen molar-refractivity contribution in [3.05, 3.63) is 29.3 Å². The lowest BCUT2D eigenvalue weighted by molar-refractivity contribution is 0.0696. The van der Waals surface area contributed by atoms with Crippen LogP contribution in [0, 0.1) is 17.8 Å². The fourth-order valence-corrected chi connectivity index (χ4v) is 3.30. The van der Waals surface area contributed by atoms with Crippen LogP contribution in [0.2, 0.25) is 0 Å². The Morgan fingerprint density at radius 1 is 1.04 bits per heavy atom. The van der Waals surface area contributed by atoms with Crippen LogP contribution in [-0.4, -0.2) is 28.7 Å². The van der Waals surface area contributed by atoms with Gasteiger partial charge in [0.15, 0.2) is 0 Å². The Labute approximate surface area is 136 Å². The summed E-state index contributed by atoms with van der Waals surface area (Å²) >= 11 is 0. The number of hydrogen-bond donors (Lipinski definition) is 3. The molecule has 23 heavy (non-hydrogen) atoms. The van der Waals surface area contributed by atoms with Crippen molar-refractivity contribution in [2.24, 2.45) is 17.8 Å². The molecule has 0 unspecified atom stereocenters. The fraction of sp³-hybridized carbons (Fsp3) is 0.556. The molecular formula is C18H25NO4. The molecule has 0 atom stereocenters. The number of carbonyl (C=O) groups is 2. The summed E-state index contributed by atoms with van der Waals surface area (Å²) in [4.78, 5) is 22.2. The summed E-state index contributed by atoms with van der Waals surface area (Å²) < 4.78 is 0. The van der Waals surface area contributed by atoms with E-state index in [9.17, 15) is 9.59 Å². The van der Waals surface area contributed by atoms with E-state index in [1.807, 2.05) is 0 Å². The van der Waals surface area contributed by atoms with Crippen molar-refractivity contribution in [2.75, 3.05) is 11.9 Å². The van der Waals surface area contributed by atoms with Gasteiger partial charge in [0.2, 0.25) is 0 Å². The van der Waals surface area contributed by atoms with E-state index in [4.69, 9.17) is 10.2 Å². The molecule has 5 nitrogen and oxygen atoms in total. The van der Waals surface area contributed by atoms with Gasteiger partial charge in [-0.05, 0) is 61.6 Å². The predicted molar refractivity (Wildman–Crippen MR) is 89.1 cm³/mol. The van der Waals surface area contributed by atoms with Gasteiger partial charge in [-0.1, -0.05) is 13.8 Å². The second-order valence-electron chi connectivity index (χ2n) is 6.82. The van der Waals surface area contributed by atoms with Gasteiger partial charge in [-0.2, -0.15) is 0 Å². The molecule has 1 saturated carbocycles. The summed E-state index contributed by atoms with van der Waals surface area (Å²) in [5.74, 6) is -0.136. The van der Waals surface area contributed by atoms with Crippen LogP contribution in [-0.2, 0) is 0 Å². The molecule has 0 aliphatic heterocycles. The van der Waals surface area contributed by atoms with Crippen molar-refractivity contribution in [3.8, 4) is 0 Å². The third-order valence-electron chi connectivity index (χ3n) is 4.86. The predicted octanol–water partition coefficient (Wildman–Crippen LogP) is 3.96. The first-order valence-corrected chi connectivity index (χ1v) is 8.22. The molecule has 1 aliphatic rings. The second-order valence-corrected chi connectivity index (χ2v) is 6.82. The van der Waals surface area contributed by atoms with E-state index in [2.05, 4.69) is 19.2 Å². The van der Waals surface area contributed by atoms with Gasteiger partial charge < -0.3 is 15.5 Å². The molecule has 0 radical (unpaired) electrons. The van der Waals surface area contributed by atoms with Crippen LogP contribution in [0.3, 0.4) is 0 Å². The van der Waals surface area contributed by atoms with Gasteiger partial charge in [0.05, 0.1) is 11.1 Å². The molecule has 2 rings (SSSR count). The lowest BCUT2D eigenvalue weighted by Gasteiger charge is -2.31. The largest absolute Gasteiger partial charge is 0.478 e. The quantitative estimate of drug-likeness (QED) is 0.739. The average Bonchev–Trinajstić information content (AvgIpc) is 2.52. The van der Waals surface area contributed by atoms with Crippen molar-refractivity contribution in [2.45, 2.75) is 39.5 Å². The van der Waals surface area contributed by atoms with E-state index in [-0.39, 0.29) is 11.1 Å². The summed E-state index contributed by atoms with van der Waals surface area (Å²) in [6.45, 7) is 5.30. The van der Waals surface area contributed by atoms with E-state index in [1.54, 1.807) is 0 Å². The monoisotopic (exact) mass is 319 g/mol. The van der Waals surface area contributed by atoms with E-state index in [1.165, 1.54) is 43.9 Å². The number of aromatic carboxylic acids is 2. The van der Waals surface area contributed by atoms with Crippen LogP contribution in [0.5, 0.6) is 0 Å². The van der Waals surface area contributed by atoms with Crippen LogP contribution in [0.25, 0.3) is 0 Å². The van der Waals surface area contributed by atoms with Crippen LogP contribution < -0.4 is 5.32 Å². The number of nitrogens with one attached hydrogen (secondary N) is 1. The molecule has 0 spiro atoms. The molecule has 1 aromatic carbocycles. The highest BCUT2D eigenvalue weighted by Crippen LogP contribution is 2.33. The van der Waals surface area contributed by atoms with Crippen molar-refractivity contribution < 1.29 is 19.8 Å². The third-order valence-corrected chi connectivity index (χ3v) is 4.86. The molecule has 0 bridgehead atoms. The molecule has 3 N–H and O–H groups in total. The highest BCUT2D eigenvalue weighted by atomic mass is 16.4. The zero-order valence-corrected chi connectivity index (χ0v) is 13.7. The normalized spacial score (nSPS) is 21.2. The maximum atomic E-state index is 11.1.